The van der Waals surface area contributed by atoms with Gasteiger partial charge in [0, 0.05) is 6.42 Å². The number of amides is 1. The van der Waals surface area contributed by atoms with Crippen molar-refractivity contribution in [3.8, 4) is 0 Å². The number of nitrogens with two attached hydrogens (primary N) is 1. The highest BCUT2D eigenvalue weighted by atomic mass is 16.5. The Labute approximate surface area is 125 Å². The maximum atomic E-state index is 12.0. The second-order valence-electron chi connectivity index (χ2n) is 5.79. The molecule has 0 aromatic heterocycles. The van der Waals surface area contributed by atoms with E-state index in [0.717, 1.165) is 12.8 Å². The van der Waals surface area contributed by atoms with Crippen LogP contribution in [-0.2, 0) is 9.53 Å². The first-order chi connectivity index (χ1) is 9.89. The van der Waals surface area contributed by atoms with Crippen molar-refractivity contribution in [1.29, 1.82) is 0 Å². The number of esters is 1. The zero-order chi connectivity index (χ0) is 15.9. The summed E-state index contributed by atoms with van der Waals surface area (Å²) in [5.41, 5.74) is 6.43. The zero-order valence-corrected chi connectivity index (χ0v) is 12.9. The largest absolute Gasteiger partial charge is 0.465 e. The highest BCUT2D eigenvalue weighted by Gasteiger charge is 2.19. The van der Waals surface area contributed by atoms with Crippen LogP contribution in [0.5, 0.6) is 0 Å². The summed E-state index contributed by atoms with van der Waals surface area (Å²) in [6.07, 6.45) is 2.01. The second kappa shape index (κ2) is 7.78. The van der Waals surface area contributed by atoms with Crippen LogP contribution in [0.15, 0.2) is 24.3 Å². The molecule has 1 amide bonds. The smallest absolute Gasteiger partial charge is 0.339 e. The number of rotatable bonds is 7. The van der Waals surface area contributed by atoms with Gasteiger partial charge in [-0.25, -0.2) is 4.79 Å². The predicted octanol–water partition coefficient (Wildman–Crippen LogP) is 2.57. The van der Waals surface area contributed by atoms with Crippen molar-refractivity contribution < 1.29 is 14.3 Å². The van der Waals surface area contributed by atoms with Gasteiger partial charge in [-0.1, -0.05) is 26.0 Å². The number of benzene rings is 1. The van der Waals surface area contributed by atoms with Crippen molar-refractivity contribution in [2.24, 2.45) is 11.1 Å². The minimum Gasteiger partial charge on any atom is -0.465 e. The lowest BCUT2D eigenvalue weighted by Gasteiger charge is -2.23. The minimum absolute atomic E-state index is 0.0357. The molecular weight excluding hydrogens is 268 g/mol. The first-order valence-corrected chi connectivity index (χ1v) is 7.07. The number of methoxy groups -OCH3 is 1. The summed E-state index contributed by atoms with van der Waals surface area (Å²) < 4.78 is 4.70. The molecule has 0 aliphatic carbocycles. The number of hydrogen-bond donors (Lipinski definition) is 2. The van der Waals surface area contributed by atoms with Crippen LogP contribution < -0.4 is 11.1 Å². The topological polar surface area (TPSA) is 81.4 Å². The number of hydrogen-bond acceptors (Lipinski definition) is 4. The Morgan fingerprint density at radius 2 is 1.90 bits per heavy atom. The lowest BCUT2D eigenvalue weighted by molar-refractivity contribution is -0.116. The highest BCUT2D eigenvalue weighted by Crippen LogP contribution is 2.26. The Bertz CT molecular complexity index is 498. The van der Waals surface area contributed by atoms with Crippen LogP contribution in [0.4, 0.5) is 5.69 Å². The molecule has 0 bridgehead atoms. The Morgan fingerprint density at radius 1 is 1.24 bits per heavy atom. The van der Waals surface area contributed by atoms with Gasteiger partial charge >= 0.3 is 5.97 Å². The molecule has 5 nitrogen and oxygen atoms in total. The third kappa shape index (κ3) is 5.55. The van der Waals surface area contributed by atoms with E-state index in [4.69, 9.17) is 10.5 Å². The van der Waals surface area contributed by atoms with Crippen LogP contribution >= 0.6 is 0 Å². The van der Waals surface area contributed by atoms with Crippen LogP contribution in [0.1, 0.15) is 43.5 Å². The number of para-hydroxylation sites is 1. The first-order valence-electron chi connectivity index (χ1n) is 7.07. The standard InChI is InChI=1S/C16H24N2O3/c1-16(2,10-11-17)9-8-14(19)18-13-7-5-4-6-12(13)15(20)21-3/h4-7H,8-11,17H2,1-3H3,(H,18,19). The van der Waals surface area contributed by atoms with Crippen LogP contribution in [0.2, 0.25) is 0 Å². The van der Waals surface area contributed by atoms with Gasteiger partial charge in [0.25, 0.3) is 0 Å². The Kier molecular flexibility index (Phi) is 6.37. The molecule has 0 aliphatic heterocycles. The van der Waals surface area contributed by atoms with E-state index in [1.54, 1.807) is 24.3 Å². The molecule has 1 aromatic rings. The van der Waals surface area contributed by atoms with Crippen molar-refractivity contribution in [3.05, 3.63) is 29.8 Å². The van der Waals surface area contributed by atoms with Gasteiger partial charge in [-0.3, -0.25) is 4.79 Å². The Hall–Kier alpha value is -1.88. The first kappa shape index (κ1) is 17.2. The highest BCUT2D eigenvalue weighted by molar-refractivity contribution is 6.01. The summed E-state index contributed by atoms with van der Waals surface area (Å²) in [5, 5.41) is 2.77. The number of carbonyl (C=O) groups excluding carboxylic acids is 2. The minimum atomic E-state index is -0.464. The number of nitrogens with one attached hydrogen (secondary N) is 1. The third-order valence-electron chi connectivity index (χ3n) is 3.46. The molecular formula is C16H24N2O3. The lowest BCUT2D eigenvalue weighted by atomic mass is 9.84. The van der Waals surface area contributed by atoms with E-state index in [2.05, 4.69) is 19.2 Å². The summed E-state index contributed by atoms with van der Waals surface area (Å²) in [6.45, 7) is 4.80. The van der Waals surface area contributed by atoms with E-state index in [0.29, 0.717) is 24.2 Å². The number of carbonyl (C=O) groups is 2. The third-order valence-corrected chi connectivity index (χ3v) is 3.46. The summed E-state index contributed by atoms with van der Waals surface area (Å²) in [7, 11) is 1.32. The zero-order valence-electron chi connectivity index (χ0n) is 12.9. The van der Waals surface area contributed by atoms with Crippen molar-refractivity contribution in [3.63, 3.8) is 0 Å². The molecule has 0 fully saturated rings. The molecule has 0 saturated carbocycles. The molecule has 3 N–H and O–H groups in total. The molecule has 21 heavy (non-hydrogen) atoms. The fraction of sp³-hybridized carbons (Fsp3) is 0.500. The van der Waals surface area contributed by atoms with E-state index in [1.165, 1.54) is 7.11 Å². The van der Waals surface area contributed by atoms with Gasteiger partial charge in [0.2, 0.25) is 5.91 Å². The maximum Gasteiger partial charge on any atom is 0.339 e. The molecule has 116 valence electrons. The lowest BCUT2D eigenvalue weighted by Crippen LogP contribution is -2.21. The van der Waals surface area contributed by atoms with Gasteiger partial charge in [0.05, 0.1) is 18.4 Å². The molecule has 1 aromatic carbocycles. The molecule has 1 rings (SSSR count). The van der Waals surface area contributed by atoms with Gasteiger partial charge < -0.3 is 15.8 Å². The van der Waals surface area contributed by atoms with Crippen molar-refractivity contribution in [1.82, 2.24) is 0 Å². The summed E-state index contributed by atoms with van der Waals surface area (Å²) in [4.78, 5) is 23.7. The summed E-state index contributed by atoms with van der Waals surface area (Å²) in [5.74, 6) is -0.578. The monoisotopic (exact) mass is 292 g/mol. The van der Waals surface area contributed by atoms with E-state index in [-0.39, 0.29) is 11.3 Å². The average molecular weight is 292 g/mol. The van der Waals surface area contributed by atoms with E-state index in [1.807, 2.05) is 0 Å². The Morgan fingerprint density at radius 3 is 2.52 bits per heavy atom. The van der Waals surface area contributed by atoms with E-state index < -0.39 is 5.97 Å². The van der Waals surface area contributed by atoms with E-state index in [9.17, 15) is 9.59 Å². The van der Waals surface area contributed by atoms with Crippen molar-refractivity contribution in [2.75, 3.05) is 19.0 Å². The maximum absolute atomic E-state index is 12.0. The van der Waals surface area contributed by atoms with Crippen LogP contribution in [0.3, 0.4) is 0 Å². The molecule has 0 saturated heterocycles. The fourth-order valence-corrected chi connectivity index (χ4v) is 2.06. The molecule has 0 spiro atoms. The predicted molar refractivity (Wildman–Crippen MR) is 83.1 cm³/mol. The number of anilines is 1. The molecule has 0 aliphatic rings. The summed E-state index contributed by atoms with van der Waals surface area (Å²) >= 11 is 0. The average Bonchev–Trinajstić information content (AvgIpc) is 2.45. The second-order valence-corrected chi connectivity index (χ2v) is 5.79. The van der Waals surface area contributed by atoms with E-state index >= 15 is 0 Å². The van der Waals surface area contributed by atoms with Gasteiger partial charge in [0.1, 0.15) is 0 Å². The summed E-state index contributed by atoms with van der Waals surface area (Å²) in [6, 6.07) is 6.81. The SMILES string of the molecule is COC(=O)c1ccccc1NC(=O)CCC(C)(C)CCN. The Balaban J connectivity index is 2.65. The molecule has 0 unspecified atom stereocenters. The fourth-order valence-electron chi connectivity index (χ4n) is 2.06. The van der Waals surface area contributed by atoms with Crippen LogP contribution in [-0.4, -0.2) is 25.5 Å². The van der Waals surface area contributed by atoms with Gasteiger partial charge in [-0.2, -0.15) is 0 Å². The van der Waals surface area contributed by atoms with Gasteiger partial charge in [0.15, 0.2) is 0 Å². The quantitative estimate of drug-likeness (QED) is 0.757. The van der Waals surface area contributed by atoms with Gasteiger partial charge in [-0.15, -0.1) is 0 Å². The van der Waals surface area contributed by atoms with Gasteiger partial charge in [-0.05, 0) is 36.9 Å². The normalized spacial score (nSPS) is 11.0. The molecule has 5 heteroatoms. The van der Waals surface area contributed by atoms with Crippen LogP contribution in [0, 0.1) is 5.41 Å². The van der Waals surface area contributed by atoms with Crippen LogP contribution in [0.25, 0.3) is 0 Å². The van der Waals surface area contributed by atoms with Crippen molar-refractivity contribution >= 4 is 17.6 Å². The molecule has 0 radical (unpaired) electrons. The molecule has 0 heterocycles. The van der Waals surface area contributed by atoms with Crippen molar-refractivity contribution in [2.45, 2.75) is 33.1 Å². The number of ether oxygens (including phenoxy) is 1. The molecule has 0 atom stereocenters.